The van der Waals surface area contributed by atoms with E-state index in [0.717, 1.165) is 44.0 Å². The minimum absolute atomic E-state index is 0.397. The van der Waals surface area contributed by atoms with Crippen molar-refractivity contribution < 1.29 is 13.9 Å². The average molecular weight is 428 g/mol. The van der Waals surface area contributed by atoms with Gasteiger partial charge >= 0.3 is 0 Å². The predicted octanol–water partition coefficient (Wildman–Crippen LogP) is 7.00. The summed E-state index contributed by atoms with van der Waals surface area (Å²) in [5.41, 5.74) is 11.0. The van der Waals surface area contributed by atoms with E-state index >= 15 is 0 Å². The summed E-state index contributed by atoms with van der Waals surface area (Å²) >= 11 is 1.63. The number of rotatable bonds is 6. The van der Waals surface area contributed by atoms with E-state index in [9.17, 15) is 0 Å². The van der Waals surface area contributed by atoms with E-state index in [2.05, 4.69) is 18.2 Å². The minimum atomic E-state index is 0.397. The molecule has 2 N–H and O–H groups in total. The lowest BCUT2D eigenvalue weighted by molar-refractivity contribution is 0.310. The third kappa shape index (κ3) is 3.76. The van der Waals surface area contributed by atoms with Gasteiger partial charge in [0, 0.05) is 4.88 Å². The molecule has 4 nitrogen and oxygen atoms in total. The Labute approximate surface area is 184 Å². The molecule has 0 spiro atoms. The summed E-state index contributed by atoms with van der Waals surface area (Å²) in [4.78, 5) is 1.05. The van der Waals surface area contributed by atoms with Crippen LogP contribution < -0.4 is 15.2 Å². The molecule has 0 atom stereocenters. The van der Waals surface area contributed by atoms with Gasteiger partial charge in [-0.25, -0.2) is 0 Å². The van der Waals surface area contributed by atoms with Gasteiger partial charge in [-0.05, 0) is 52.4 Å². The van der Waals surface area contributed by atoms with Gasteiger partial charge in [-0.15, -0.1) is 11.3 Å². The maximum Gasteiger partial charge on any atom is 0.200 e. The topological polar surface area (TPSA) is 57.6 Å². The van der Waals surface area contributed by atoms with E-state index in [4.69, 9.17) is 19.6 Å². The van der Waals surface area contributed by atoms with Crippen LogP contribution in [0.3, 0.4) is 0 Å². The van der Waals surface area contributed by atoms with Crippen LogP contribution in [0.5, 0.6) is 11.5 Å². The van der Waals surface area contributed by atoms with Crippen LogP contribution in [0.25, 0.3) is 32.5 Å². The van der Waals surface area contributed by atoms with Crippen molar-refractivity contribution >= 4 is 28.2 Å². The number of hydrogen-bond donors (Lipinski definition) is 1. The van der Waals surface area contributed by atoms with Gasteiger partial charge in [0.25, 0.3) is 0 Å². The molecule has 0 aliphatic carbocycles. The third-order valence-corrected chi connectivity index (χ3v) is 6.10. The molecule has 0 aliphatic heterocycles. The van der Waals surface area contributed by atoms with Crippen LogP contribution in [0.1, 0.15) is 5.56 Å². The fourth-order valence-corrected chi connectivity index (χ4v) is 4.46. The lowest BCUT2D eigenvalue weighted by atomic mass is 10.0. The minimum Gasteiger partial charge on any atom is -0.497 e. The first-order chi connectivity index (χ1) is 15.2. The molecular formula is C26H21NO3S. The summed E-state index contributed by atoms with van der Waals surface area (Å²) in [5, 5.41) is 2.93. The van der Waals surface area contributed by atoms with Gasteiger partial charge in [-0.3, -0.25) is 0 Å². The summed E-state index contributed by atoms with van der Waals surface area (Å²) in [7, 11) is 1.66. The van der Waals surface area contributed by atoms with E-state index in [-0.39, 0.29) is 0 Å². The molecule has 0 saturated heterocycles. The summed E-state index contributed by atoms with van der Waals surface area (Å²) in [6, 6.07) is 26.2. The van der Waals surface area contributed by atoms with Gasteiger partial charge in [0.15, 0.2) is 0 Å². The van der Waals surface area contributed by atoms with Gasteiger partial charge in [0.1, 0.15) is 23.7 Å². The zero-order valence-electron chi connectivity index (χ0n) is 17.0. The molecule has 3 aromatic carbocycles. The summed E-state index contributed by atoms with van der Waals surface area (Å²) in [6.45, 7) is 0.455. The van der Waals surface area contributed by atoms with Crippen molar-refractivity contribution in [2.24, 2.45) is 0 Å². The maximum atomic E-state index is 6.33. The first-order valence-electron chi connectivity index (χ1n) is 9.94. The summed E-state index contributed by atoms with van der Waals surface area (Å²) in [6.07, 6.45) is 0. The molecule has 0 saturated carbocycles. The van der Waals surface area contributed by atoms with Crippen molar-refractivity contribution in [2.45, 2.75) is 6.61 Å². The van der Waals surface area contributed by atoms with E-state index in [1.807, 2.05) is 66.0 Å². The molecule has 154 valence electrons. The molecule has 0 aliphatic rings. The van der Waals surface area contributed by atoms with Crippen LogP contribution in [-0.4, -0.2) is 7.11 Å². The molecule has 0 radical (unpaired) electrons. The number of fused-ring (bicyclic) bond motifs is 1. The highest BCUT2D eigenvalue weighted by atomic mass is 32.1. The van der Waals surface area contributed by atoms with Crippen LogP contribution in [-0.2, 0) is 6.61 Å². The number of furan rings is 1. The molecule has 5 aromatic rings. The smallest absolute Gasteiger partial charge is 0.200 e. The van der Waals surface area contributed by atoms with Crippen molar-refractivity contribution in [1.82, 2.24) is 0 Å². The molecule has 5 heteroatoms. The van der Waals surface area contributed by atoms with Gasteiger partial charge < -0.3 is 19.6 Å². The monoisotopic (exact) mass is 427 g/mol. The predicted molar refractivity (Wildman–Crippen MR) is 127 cm³/mol. The van der Waals surface area contributed by atoms with Crippen LogP contribution in [0.2, 0.25) is 0 Å². The second-order valence-corrected chi connectivity index (χ2v) is 8.12. The van der Waals surface area contributed by atoms with E-state index in [1.54, 1.807) is 18.4 Å². The lowest BCUT2D eigenvalue weighted by Gasteiger charge is -2.11. The Bertz CT molecular complexity index is 1310. The maximum absolute atomic E-state index is 6.33. The normalized spacial score (nSPS) is 11.0. The highest BCUT2D eigenvalue weighted by Crippen LogP contribution is 2.45. The lowest BCUT2D eigenvalue weighted by Crippen LogP contribution is -1.96. The average Bonchev–Trinajstić information content (AvgIpc) is 3.45. The number of ether oxygens (including phenoxy) is 2. The number of benzene rings is 3. The Hall–Kier alpha value is -3.70. The molecule has 0 amide bonds. The van der Waals surface area contributed by atoms with Crippen molar-refractivity contribution in [2.75, 3.05) is 12.8 Å². The first-order valence-corrected chi connectivity index (χ1v) is 10.8. The Kier molecular flexibility index (Phi) is 5.10. The molecular weight excluding hydrogens is 406 g/mol. The van der Waals surface area contributed by atoms with Gasteiger partial charge in [-0.1, -0.05) is 48.5 Å². The summed E-state index contributed by atoms with van der Waals surface area (Å²) < 4.78 is 17.6. The number of nitrogens with two attached hydrogens (primary N) is 1. The SMILES string of the molecule is COc1ccc(-c2cc(OCc3ccccc3)c3c(-c4cccs4)c(N)oc3c2)cc1. The second kappa shape index (κ2) is 8.20. The number of anilines is 1. The van der Waals surface area contributed by atoms with Gasteiger partial charge in [0.05, 0.1) is 18.1 Å². The molecule has 5 rings (SSSR count). The molecule has 31 heavy (non-hydrogen) atoms. The zero-order chi connectivity index (χ0) is 21.2. The standard InChI is InChI=1S/C26H21NO3S/c1-28-20-11-9-18(10-12-20)19-14-21(29-16-17-6-3-2-4-7-17)24-22(15-19)30-26(27)25(24)23-8-5-13-31-23/h2-15H,16,27H2,1H3. The van der Waals surface area contributed by atoms with Gasteiger partial charge in [0.2, 0.25) is 5.88 Å². The zero-order valence-corrected chi connectivity index (χ0v) is 17.8. The number of methoxy groups -OCH3 is 1. The first kappa shape index (κ1) is 19.3. The molecule has 2 heterocycles. The fourth-order valence-electron chi connectivity index (χ4n) is 3.67. The van der Waals surface area contributed by atoms with Crippen molar-refractivity contribution in [3.8, 4) is 33.1 Å². The van der Waals surface area contributed by atoms with Crippen LogP contribution in [0, 0.1) is 0 Å². The van der Waals surface area contributed by atoms with Crippen molar-refractivity contribution in [1.29, 1.82) is 0 Å². The number of thiophene rings is 1. The Balaban J connectivity index is 1.65. The van der Waals surface area contributed by atoms with Crippen molar-refractivity contribution in [3.05, 3.63) is 89.8 Å². The van der Waals surface area contributed by atoms with Crippen molar-refractivity contribution in [3.63, 3.8) is 0 Å². The molecule has 0 unspecified atom stereocenters. The number of hydrogen-bond acceptors (Lipinski definition) is 5. The van der Waals surface area contributed by atoms with E-state index in [0.29, 0.717) is 18.1 Å². The van der Waals surface area contributed by atoms with Gasteiger partial charge in [-0.2, -0.15) is 0 Å². The Morgan fingerprint density at radius 2 is 1.71 bits per heavy atom. The fraction of sp³-hybridized carbons (Fsp3) is 0.0769. The highest BCUT2D eigenvalue weighted by Gasteiger charge is 2.20. The molecule has 0 fully saturated rings. The highest BCUT2D eigenvalue weighted by molar-refractivity contribution is 7.13. The largest absolute Gasteiger partial charge is 0.497 e. The van der Waals surface area contributed by atoms with E-state index in [1.165, 1.54) is 0 Å². The molecule has 2 aromatic heterocycles. The molecule has 0 bridgehead atoms. The second-order valence-electron chi connectivity index (χ2n) is 7.17. The Morgan fingerprint density at radius 3 is 2.42 bits per heavy atom. The summed E-state index contributed by atoms with van der Waals surface area (Å²) in [5.74, 6) is 1.96. The number of nitrogen functional groups attached to an aromatic ring is 1. The quantitative estimate of drug-likeness (QED) is 0.317. The van der Waals surface area contributed by atoms with E-state index < -0.39 is 0 Å². The van der Waals surface area contributed by atoms with Crippen LogP contribution in [0.15, 0.2) is 88.7 Å². The van der Waals surface area contributed by atoms with Crippen LogP contribution >= 0.6 is 11.3 Å². The van der Waals surface area contributed by atoms with Crippen LogP contribution in [0.4, 0.5) is 5.88 Å². The third-order valence-electron chi connectivity index (χ3n) is 5.21. The Morgan fingerprint density at radius 1 is 0.903 bits per heavy atom.